The quantitative estimate of drug-likeness (QED) is 0.804. The van der Waals surface area contributed by atoms with Crippen molar-refractivity contribution in [1.82, 2.24) is 9.66 Å². The highest BCUT2D eigenvalue weighted by Crippen LogP contribution is 2.22. The van der Waals surface area contributed by atoms with Crippen LogP contribution in [0.4, 0.5) is 8.78 Å². The zero-order valence-corrected chi connectivity index (χ0v) is 10.6. The number of hydrogen-bond donors (Lipinski definition) is 1. The topological polar surface area (TPSA) is 24.0 Å². The summed E-state index contributed by atoms with van der Waals surface area (Å²) < 4.78 is 29.3. The summed E-state index contributed by atoms with van der Waals surface area (Å²) in [5, 5.41) is 1.98. The van der Waals surface area contributed by atoms with Crippen molar-refractivity contribution in [3.8, 4) is 0 Å². The Labute approximate surface area is 108 Å². The molecule has 3 nitrogen and oxygen atoms in total. The number of nitrogens with zero attached hydrogens (tertiary/aromatic N) is 2. The minimum atomic E-state index is -0.845. The van der Waals surface area contributed by atoms with Gasteiger partial charge < -0.3 is 9.99 Å². The van der Waals surface area contributed by atoms with Crippen molar-refractivity contribution < 1.29 is 8.78 Å². The Bertz CT molecular complexity index is 641. The van der Waals surface area contributed by atoms with Crippen molar-refractivity contribution >= 4 is 23.3 Å². The molecule has 0 amide bonds. The highest BCUT2D eigenvalue weighted by Gasteiger charge is 2.19. The molecule has 0 atom stereocenters. The summed E-state index contributed by atoms with van der Waals surface area (Å²) >= 11 is 5.21. The van der Waals surface area contributed by atoms with Crippen molar-refractivity contribution in [2.24, 2.45) is 0 Å². The molecule has 3 rings (SSSR count). The van der Waals surface area contributed by atoms with Crippen LogP contribution in [0.5, 0.6) is 0 Å². The molecular formula is C12H13F2N3S. The Balaban J connectivity index is 2.23. The van der Waals surface area contributed by atoms with Gasteiger partial charge in [0.05, 0.1) is 5.52 Å². The fraction of sp³-hybridized carbons (Fsp3) is 0.417. The number of rotatable bonds is 1. The molecule has 0 bridgehead atoms. The molecule has 0 radical (unpaired) electrons. The lowest BCUT2D eigenvalue weighted by molar-refractivity contribution is 0.471. The van der Waals surface area contributed by atoms with Gasteiger partial charge in [0.2, 0.25) is 0 Å². The Morgan fingerprint density at radius 1 is 1.11 bits per heavy atom. The number of aromatic amines is 1. The fourth-order valence-corrected chi connectivity index (χ4v) is 2.78. The summed E-state index contributed by atoms with van der Waals surface area (Å²) in [6.07, 6.45) is 3.26. The van der Waals surface area contributed by atoms with Gasteiger partial charge in [-0.25, -0.2) is 13.5 Å². The lowest BCUT2D eigenvalue weighted by atomic mass is 10.2. The smallest absolute Gasteiger partial charge is 0.197 e. The van der Waals surface area contributed by atoms with Crippen LogP contribution in [-0.2, 0) is 0 Å². The Morgan fingerprint density at radius 3 is 2.56 bits per heavy atom. The third-order valence-corrected chi connectivity index (χ3v) is 3.61. The zero-order chi connectivity index (χ0) is 12.7. The molecule has 1 aromatic carbocycles. The van der Waals surface area contributed by atoms with Crippen molar-refractivity contribution in [2.45, 2.75) is 19.3 Å². The standard InChI is InChI=1S/C12H13F2N3S/c13-8-4-5-9-11(10(8)14)17(12(18)15-9)16-6-2-1-3-7-16/h4-5H,1-3,6-7H2,(H,15,18). The van der Waals surface area contributed by atoms with Gasteiger partial charge in [0.1, 0.15) is 5.52 Å². The van der Waals surface area contributed by atoms with Crippen LogP contribution in [0.1, 0.15) is 19.3 Å². The van der Waals surface area contributed by atoms with Crippen molar-refractivity contribution in [1.29, 1.82) is 0 Å². The van der Waals surface area contributed by atoms with E-state index in [1.54, 1.807) is 4.68 Å². The number of nitrogens with one attached hydrogen (secondary N) is 1. The van der Waals surface area contributed by atoms with Gasteiger partial charge in [-0.2, -0.15) is 0 Å². The summed E-state index contributed by atoms with van der Waals surface area (Å²) in [6.45, 7) is 1.63. The minimum Gasteiger partial charge on any atom is -0.329 e. The first-order valence-corrected chi connectivity index (χ1v) is 6.43. The molecule has 96 valence electrons. The monoisotopic (exact) mass is 269 g/mol. The minimum absolute atomic E-state index is 0.210. The van der Waals surface area contributed by atoms with E-state index in [1.807, 2.05) is 5.01 Å². The van der Waals surface area contributed by atoms with Gasteiger partial charge in [-0.15, -0.1) is 0 Å². The SMILES string of the molecule is Fc1ccc2[nH]c(=S)n(N3CCCCC3)c2c1F. The third-order valence-electron chi connectivity index (χ3n) is 3.33. The van der Waals surface area contributed by atoms with Gasteiger partial charge in [0.25, 0.3) is 0 Å². The van der Waals surface area contributed by atoms with Crippen molar-refractivity contribution in [2.75, 3.05) is 18.1 Å². The summed E-state index contributed by atoms with van der Waals surface area (Å²) in [5.74, 6) is -1.69. The van der Waals surface area contributed by atoms with Gasteiger partial charge in [-0.1, -0.05) is 0 Å². The van der Waals surface area contributed by atoms with Gasteiger partial charge in [-0.3, -0.25) is 0 Å². The van der Waals surface area contributed by atoms with Crippen molar-refractivity contribution in [3.05, 3.63) is 28.5 Å². The summed E-state index contributed by atoms with van der Waals surface area (Å²) in [7, 11) is 0. The van der Waals surface area contributed by atoms with Gasteiger partial charge in [0, 0.05) is 13.1 Å². The van der Waals surface area contributed by atoms with Gasteiger partial charge in [-0.05, 0) is 43.6 Å². The molecule has 6 heteroatoms. The van der Waals surface area contributed by atoms with Crippen LogP contribution in [0.15, 0.2) is 12.1 Å². The number of halogens is 2. The maximum atomic E-state index is 13.9. The van der Waals surface area contributed by atoms with Crippen LogP contribution < -0.4 is 5.01 Å². The number of piperidine rings is 1. The highest BCUT2D eigenvalue weighted by molar-refractivity contribution is 7.71. The normalized spacial score (nSPS) is 16.4. The van der Waals surface area contributed by atoms with Crippen LogP contribution >= 0.6 is 12.2 Å². The second kappa shape index (κ2) is 4.35. The predicted molar refractivity (Wildman–Crippen MR) is 68.8 cm³/mol. The zero-order valence-electron chi connectivity index (χ0n) is 9.75. The van der Waals surface area contributed by atoms with E-state index < -0.39 is 11.6 Å². The second-order valence-corrected chi connectivity index (χ2v) is 4.90. The molecule has 1 aliphatic heterocycles. The number of imidazole rings is 1. The van der Waals surface area contributed by atoms with Crippen LogP contribution in [0, 0.1) is 16.4 Å². The summed E-state index contributed by atoms with van der Waals surface area (Å²) in [4.78, 5) is 2.92. The Morgan fingerprint density at radius 2 is 1.83 bits per heavy atom. The number of aromatic nitrogens is 2. The molecule has 18 heavy (non-hydrogen) atoms. The van der Waals surface area contributed by atoms with E-state index in [9.17, 15) is 8.78 Å². The van der Waals surface area contributed by atoms with E-state index in [0.717, 1.165) is 32.0 Å². The molecular weight excluding hydrogens is 256 g/mol. The van der Waals surface area contributed by atoms with E-state index >= 15 is 0 Å². The molecule has 0 spiro atoms. The Hall–Kier alpha value is -1.43. The van der Waals surface area contributed by atoms with Crippen LogP contribution in [-0.4, -0.2) is 22.7 Å². The number of fused-ring (bicyclic) bond motifs is 1. The maximum absolute atomic E-state index is 13.9. The van der Waals surface area contributed by atoms with E-state index in [0.29, 0.717) is 10.3 Å². The average molecular weight is 269 g/mol. The average Bonchev–Trinajstić information content (AvgIpc) is 2.72. The number of hydrogen-bond acceptors (Lipinski definition) is 2. The first-order chi connectivity index (χ1) is 8.68. The van der Waals surface area contributed by atoms with Crippen LogP contribution in [0.2, 0.25) is 0 Å². The first-order valence-electron chi connectivity index (χ1n) is 6.02. The molecule has 2 aromatic rings. The van der Waals surface area contributed by atoms with Crippen LogP contribution in [0.25, 0.3) is 11.0 Å². The van der Waals surface area contributed by atoms with Gasteiger partial charge >= 0.3 is 0 Å². The van der Waals surface area contributed by atoms with E-state index in [-0.39, 0.29) is 5.52 Å². The second-order valence-electron chi connectivity index (χ2n) is 4.51. The number of benzene rings is 1. The first kappa shape index (κ1) is 11.6. The van der Waals surface area contributed by atoms with Crippen molar-refractivity contribution in [3.63, 3.8) is 0 Å². The summed E-state index contributed by atoms with van der Waals surface area (Å²) in [6, 6.07) is 2.63. The largest absolute Gasteiger partial charge is 0.329 e. The fourth-order valence-electron chi connectivity index (χ4n) is 2.46. The number of H-pyrrole nitrogens is 1. The lowest BCUT2D eigenvalue weighted by Gasteiger charge is -2.29. The molecule has 1 N–H and O–H groups in total. The molecule has 1 aliphatic rings. The molecule has 0 saturated carbocycles. The van der Waals surface area contributed by atoms with E-state index in [1.165, 1.54) is 12.5 Å². The van der Waals surface area contributed by atoms with Gasteiger partial charge in [0.15, 0.2) is 16.4 Å². The molecule has 1 aromatic heterocycles. The molecule has 0 unspecified atom stereocenters. The molecule has 1 saturated heterocycles. The predicted octanol–water partition coefficient (Wildman–Crippen LogP) is 3.10. The summed E-state index contributed by atoms with van der Waals surface area (Å²) in [5.41, 5.74) is 0.742. The van der Waals surface area contributed by atoms with Crippen LogP contribution in [0.3, 0.4) is 0 Å². The highest BCUT2D eigenvalue weighted by atomic mass is 32.1. The van der Waals surface area contributed by atoms with E-state index in [2.05, 4.69) is 4.98 Å². The maximum Gasteiger partial charge on any atom is 0.197 e. The Kier molecular flexibility index (Phi) is 2.81. The lowest BCUT2D eigenvalue weighted by Crippen LogP contribution is -2.39. The molecule has 2 heterocycles. The molecule has 1 fully saturated rings. The van der Waals surface area contributed by atoms with E-state index in [4.69, 9.17) is 12.2 Å². The third kappa shape index (κ3) is 1.71. The molecule has 0 aliphatic carbocycles.